The van der Waals surface area contributed by atoms with Crippen LogP contribution in [-0.2, 0) is 27.7 Å². The molecular weight excluding hydrogens is 366 g/mol. The van der Waals surface area contributed by atoms with Crippen molar-refractivity contribution in [2.24, 2.45) is 5.14 Å². The fraction of sp³-hybridized carbons (Fsp3) is 0.316. The molecule has 0 aliphatic carbocycles. The molecule has 0 fully saturated rings. The lowest BCUT2D eigenvalue weighted by Crippen LogP contribution is -2.35. The monoisotopic (exact) mass is 391 g/mol. The SMILES string of the molecule is COc1ccc(CCNC(=O)CNCCc2ccc(S(N)(=O)=O)cc2)cc1. The van der Waals surface area contributed by atoms with Crippen molar-refractivity contribution in [1.82, 2.24) is 10.6 Å². The van der Waals surface area contributed by atoms with Crippen molar-refractivity contribution in [3.05, 3.63) is 59.7 Å². The third-order valence-corrected chi connectivity index (χ3v) is 4.95. The third kappa shape index (κ3) is 7.38. The maximum atomic E-state index is 11.8. The maximum absolute atomic E-state index is 11.8. The van der Waals surface area contributed by atoms with Gasteiger partial charge in [-0.1, -0.05) is 24.3 Å². The summed E-state index contributed by atoms with van der Waals surface area (Å²) in [6.07, 6.45) is 1.44. The van der Waals surface area contributed by atoms with E-state index in [4.69, 9.17) is 9.88 Å². The van der Waals surface area contributed by atoms with Gasteiger partial charge in [0.25, 0.3) is 0 Å². The molecule has 0 atom stereocenters. The van der Waals surface area contributed by atoms with Gasteiger partial charge in [0.15, 0.2) is 0 Å². The first-order valence-electron chi connectivity index (χ1n) is 8.60. The van der Waals surface area contributed by atoms with Crippen LogP contribution in [0.25, 0.3) is 0 Å². The van der Waals surface area contributed by atoms with Gasteiger partial charge in [-0.15, -0.1) is 0 Å². The highest BCUT2D eigenvalue weighted by atomic mass is 32.2. The van der Waals surface area contributed by atoms with E-state index in [1.807, 2.05) is 24.3 Å². The van der Waals surface area contributed by atoms with Gasteiger partial charge in [0, 0.05) is 6.54 Å². The number of ether oxygens (including phenoxy) is 1. The van der Waals surface area contributed by atoms with Crippen LogP contribution in [0.3, 0.4) is 0 Å². The highest BCUT2D eigenvalue weighted by Gasteiger charge is 2.06. The molecule has 1 amide bonds. The van der Waals surface area contributed by atoms with Crippen molar-refractivity contribution < 1.29 is 17.9 Å². The Balaban J connectivity index is 1.61. The van der Waals surface area contributed by atoms with E-state index in [9.17, 15) is 13.2 Å². The normalized spacial score (nSPS) is 11.2. The molecule has 2 aromatic carbocycles. The molecule has 2 aromatic rings. The molecule has 0 radical (unpaired) electrons. The summed E-state index contributed by atoms with van der Waals surface area (Å²) in [5.74, 6) is 0.749. The molecule has 4 N–H and O–H groups in total. The van der Waals surface area contributed by atoms with E-state index in [0.29, 0.717) is 19.5 Å². The Morgan fingerprint density at radius 3 is 2.07 bits per heavy atom. The van der Waals surface area contributed by atoms with Crippen molar-refractivity contribution in [2.75, 3.05) is 26.7 Å². The number of hydrogen-bond acceptors (Lipinski definition) is 5. The van der Waals surface area contributed by atoms with Crippen LogP contribution in [0, 0.1) is 0 Å². The van der Waals surface area contributed by atoms with Crippen LogP contribution in [0.15, 0.2) is 53.4 Å². The number of benzene rings is 2. The molecule has 0 bridgehead atoms. The minimum Gasteiger partial charge on any atom is -0.497 e. The second kappa shape index (κ2) is 10.1. The van der Waals surface area contributed by atoms with Crippen LogP contribution >= 0.6 is 0 Å². The van der Waals surface area contributed by atoms with E-state index in [-0.39, 0.29) is 17.3 Å². The highest BCUT2D eigenvalue weighted by molar-refractivity contribution is 7.89. The van der Waals surface area contributed by atoms with E-state index in [2.05, 4.69) is 10.6 Å². The smallest absolute Gasteiger partial charge is 0.238 e. The summed E-state index contributed by atoms with van der Waals surface area (Å²) in [6, 6.07) is 14.1. The van der Waals surface area contributed by atoms with E-state index in [1.54, 1.807) is 19.2 Å². The van der Waals surface area contributed by atoms with Gasteiger partial charge in [-0.05, 0) is 54.8 Å². The first kappa shape index (κ1) is 20.9. The predicted molar refractivity (Wildman–Crippen MR) is 104 cm³/mol. The van der Waals surface area contributed by atoms with Gasteiger partial charge in [0.2, 0.25) is 15.9 Å². The molecule has 8 heteroatoms. The van der Waals surface area contributed by atoms with Crippen molar-refractivity contribution in [1.29, 1.82) is 0 Å². The molecule has 27 heavy (non-hydrogen) atoms. The zero-order valence-electron chi connectivity index (χ0n) is 15.3. The summed E-state index contributed by atoms with van der Waals surface area (Å²) in [5.41, 5.74) is 2.10. The van der Waals surface area contributed by atoms with Crippen molar-refractivity contribution in [2.45, 2.75) is 17.7 Å². The molecule has 0 aromatic heterocycles. The zero-order chi connectivity index (χ0) is 19.7. The number of nitrogens with one attached hydrogen (secondary N) is 2. The molecule has 0 saturated carbocycles. The quantitative estimate of drug-likeness (QED) is 0.520. The molecule has 7 nitrogen and oxygen atoms in total. The fourth-order valence-corrected chi connectivity index (χ4v) is 3.00. The van der Waals surface area contributed by atoms with Crippen LogP contribution in [0.1, 0.15) is 11.1 Å². The molecule has 146 valence electrons. The fourth-order valence-electron chi connectivity index (χ4n) is 2.48. The minimum atomic E-state index is -3.66. The molecular formula is C19H25N3O4S. The minimum absolute atomic E-state index is 0.0620. The van der Waals surface area contributed by atoms with Crippen LogP contribution in [0.2, 0.25) is 0 Å². The summed E-state index contributed by atoms with van der Waals surface area (Å²) in [7, 11) is -2.04. The summed E-state index contributed by atoms with van der Waals surface area (Å²) < 4.78 is 27.5. The van der Waals surface area contributed by atoms with Gasteiger partial charge in [0.05, 0.1) is 18.6 Å². The van der Waals surface area contributed by atoms with Crippen molar-refractivity contribution in [3.8, 4) is 5.75 Å². The number of primary sulfonamides is 1. The molecule has 0 aliphatic heterocycles. The van der Waals surface area contributed by atoms with Crippen LogP contribution in [-0.4, -0.2) is 41.1 Å². The predicted octanol–water partition coefficient (Wildman–Crippen LogP) is 0.834. The number of carbonyl (C=O) groups is 1. The number of rotatable bonds is 10. The average molecular weight is 391 g/mol. The maximum Gasteiger partial charge on any atom is 0.238 e. The molecule has 0 saturated heterocycles. The van der Waals surface area contributed by atoms with Gasteiger partial charge in [-0.3, -0.25) is 4.79 Å². The van der Waals surface area contributed by atoms with Crippen LogP contribution in [0.4, 0.5) is 0 Å². The summed E-state index contributed by atoms with van der Waals surface area (Å²) >= 11 is 0. The number of nitrogens with two attached hydrogens (primary N) is 1. The lowest BCUT2D eigenvalue weighted by atomic mass is 10.1. The molecule has 0 unspecified atom stereocenters. The molecule has 0 spiro atoms. The number of methoxy groups -OCH3 is 1. The second-order valence-electron chi connectivity index (χ2n) is 6.06. The Morgan fingerprint density at radius 1 is 0.963 bits per heavy atom. The Hall–Kier alpha value is -2.42. The highest BCUT2D eigenvalue weighted by Crippen LogP contribution is 2.11. The van der Waals surface area contributed by atoms with Crippen molar-refractivity contribution in [3.63, 3.8) is 0 Å². The average Bonchev–Trinajstić information content (AvgIpc) is 2.65. The van der Waals surface area contributed by atoms with Gasteiger partial charge in [-0.25, -0.2) is 13.6 Å². The number of sulfonamides is 1. The topological polar surface area (TPSA) is 111 Å². The molecule has 2 rings (SSSR count). The Morgan fingerprint density at radius 2 is 1.52 bits per heavy atom. The number of carbonyl (C=O) groups excluding carboxylic acids is 1. The second-order valence-corrected chi connectivity index (χ2v) is 7.63. The van der Waals surface area contributed by atoms with Crippen LogP contribution in [0.5, 0.6) is 5.75 Å². The summed E-state index contributed by atoms with van der Waals surface area (Å²) in [4.78, 5) is 11.9. The molecule has 0 heterocycles. The van der Waals surface area contributed by atoms with Gasteiger partial charge < -0.3 is 15.4 Å². The lowest BCUT2D eigenvalue weighted by Gasteiger charge is -2.08. The van der Waals surface area contributed by atoms with Gasteiger partial charge in [-0.2, -0.15) is 0 Å². The van der Waals surface area contributed by atoms with E-state index in [0.717, 1.165) is 23.3 Å². The van der Waals surface area contributed by atoms with E-state index < -0.39 is 10.0 Å². The number of amides is 1. The zero-order valence-corrected chi connectivity index (χ0v) is 16.1. The first-order valence-corrected chi connectivity index (χ1v) is 10.2. The van der Waals surface area contributed by atoms with E-state index >= 15 is 0 Å². The van der Waals surface area contributed by atoms with E-state index in [1.165, 1.54) is 12.1 Å². The van der Waals surface area contributed by atoms with Crippen LogP contribution < -0.4 is 20.5 Å². The van der Waals surface area contributed by atoms with Gasteiger partial charge >= 0.3 is 0 Å². The standard InChI is InChI=1S/C19H25N3O4S/c1-26-17-6-2-15(3-7-17)11-13-22-19(23)14-21-12-10-16-4-8-18(9-5-16)27(20,24)25/h2-9,21H,10-14H2,1H3,(H,22,23)(H2,20,24,25). The summed E-state index contributed by atoms with van der Waals surface area (Å²) in [6.45, 7) is 1.42. The number of hydrogen-bond donors (Lipinski definition) is 3. The largest absolute Gasteiger partial charge is 0.497 e. The Kier molecular flexibility index (Phi) is 7.78. The van der Waals surface area contributed by atoms with Gasteiger partial charge in [0.1, 0.15) is 5.75 Å². The first-order chi connectivity index (χ1) is 12.9. The van der Waals surface area contributed by atoms with Crippen molar-refractivity contribution >= 4 is 15.9 Å². The Labute approximate surface area is 160 Å². The molecule has 0 aliphatic rings. The lowest BCUT2D eigenvalue weighted by molar-refractivity contribution is -0.120. The summed E-state index contributed by atoms with van der Waals surface area (Å²) in [5, 5.41) is 11.0. The Bertz CT molecular complexity index is 834. The third-order valence-electron chi connectivity index (χ3n) is 4.02.